The third-order valence-corrected chi connectivity index (χ3v) is 5.07. The fourth-order valence-electron chi connectivity index (χ4n) is 3.50. The molecule has 0 spiro atoms. The summed E-state index contributed by atoms with van der Waals surface area (Å²) in [6, 6.07) is 15.6. The molecule has 0 fully saturated rings. The van der Waals surface area contributed by atoms with Gasteiger partial charge in [0.25, 0.3) is 5.91 Å². The van der Waals surface area contributed by atoms with Gasteiger partial charge in [-0.15, -0.1) is 0 Å². The van der Waals surface area contributed by atoms with E-state index in [1.54, 1.807) is 42.9 Å². The van der Waals surface area contributed by atoms with E-state index in [1.165, 1.54) is 6.07 Å². The van der Waals surface area contributed by atoms with Crippen LogP contribution in [-0.4, -0.2) is 32.8 Å². The van der Waals surface area contributed by atoms with Crippen LogP contribution in [0.4, 0.5) is 4.39 Å². The van der Waals surface area contributed by atoms with Crippen LogP contribution in [0.3, 0.4) is 0 Å². The topological polar surface area (TPSA) is 84.8 Å². The van der Waals surface area contributed by atoms with Crippen molar-refractivity contribution in [3.63, 3.8) is 0 Å². The molecule has 0 aliphatic rings. The van der Waals surface area contributed by atoms with E-state index in [-0.39, 0.29) is 18.3 Å². The number of amides is 1. The molecule has 4 rings (SSSR count). The quantitative estimate of drug-likeness (QED) is 0.496. The van der Waals surface area contributed by atoms with Gasteiger partial charge < -0.3 is 14.6 Å². The van der Waals surface area contributed by atoms with Crippen molar-refractivity contribution in [1.82, 2.24) is 25.1 Å². The normalized spacial score (nSPS) is 10.8. The Balaban J connectivity index is 1.48. The Hall–Kier alpha value is -3.94. The van der Waals surface area contributed by atoms with Gasteiger partial charge in [0.2, 0.25) is 0 Å². The van der Waals surface area contributed by atoms with Gasteiger partial charge in [-0.1, -0.05) is 12.1 Å². The minimum atomic E-state index is -0.344. The lowest BCUT2D eigenvalue weighted by Crippen LogP contribution is -2.24. The van der Waals surface area contributed by atoms with E-state index in [4.69, 9.17) is 4.74 Å². The highest BCUT2D eigenvalue weighted by Crippen LogP contribution is 2.23. The highest BCUT2D eigenvalue weighted by molar-refractivity contribution is 5.95. The number of para-hydroxylation sites is 1. The van der Waals surface area contributed by atoms with Crippen LogP contribution in [0.15, 0.2) is 54.6 Å². The molecule has 0 atom stereocenters. The summed E-state index contributed by atoms with van der Waals surface area (Å²) in [5.74, 6) is 1.20. The molecule has 0 unspecified atom stereocenters. The third kappa shape index (κ3) is 4.05. The number of methoxy groups -OCH3 is 1. The number of aromatic nitrogens is 4. The number of carbonyl (C=O) groups is 1. The van der Waals surface area contributed by atoms with Crippen molar-refractivity contribution in [2.75, 3.05) is 7.11 Å². The van der Waals surface area contributed by atoms with Crippen LogP contribution >= 0.6 is 0 Å². The summed E-state index contributed by atoms with van der Waals surface area (Å²) in [6.07, 6.45) is 0. The smallest absolute Gasteiger partial charge is 0.253 e. The Kier molecular flexibility index (Phi) is 5.53. The molecule has 0 radical (unpaired) electrons. The van der Waals surface area contributed by atoms with Crippen molar-refractivity contribution < 1.29 is 13.9 Å². The molecular formula is C23H22FN5O2. The largest absolute Gasteiger partial charge is 0.497 e. The zero-order valence-electron chi connectivity index (χ0n) is 17.4. The summed E-state index contributed by atoms with van der Waals surface area (Å²) in [5, 5.41) is 9.89. The molecular weight excluding hydrogens is 397 g/mol. The van der Waals surface area contributed by atoms with E-state index in [9.17, 15) is 9.18 Å². The zero-order valence-corrected chi connectivity index (χ0v) is 17.4. The molecule has 31 heavy (non-hydrogen) atoms. The summed E-state index contributed by atoms with van der Waals surface area (Å²) >= 11 is 0. The maximum Gasteiger partial charge on any atom is 0.253 e. The number of hydrogen-bond acceptors (Lipinski definition) is 4. The van der Waals surface area contributed by atoms with E-state index in [0.29, 0.717) is 28.6 Å². The summed E-state index contributed by atoms with van der Waals surface area (Å²) in [7, 11) is 1.61. The standard InChI is InChI=1S/C23H22FN5O2/c1-14-12-18(15(2)29(14)20-7-5-4-6-19(20)24)23(30)25-13-21-26-22(28-27-21)16-8-10-17(31-3)11-9-16/h4-12H,13H2,1-3H3,(H,25,30)(H,26,27,28). The van der Waals surface area contributed by atoms with Gasteiger partial charge in [-0.05, 0) is 56.3 Å². The number of ether oxygens (including phenoxy) is 1. The SMILES string of the molecule is COc1ccc(-c2n[nH]c(CNC(=O)c3cc(C)n(-c4ccccc4F)c3C)n2)cc1. The van der Waals surface area contributed by atoms with Gasteiger partial charge in [-0.25, -0.2) is 9.37 Å². The van der Waals surface area contributed by atoms with Crippen molar-refractivity contribution in [2.45, 2.75) is 20.4 Å². The van der Waals surface area contributed by atoms with E-state index in [1.807, 2.05) is 31.2 Å². The molecule has 4 aromatic rings. The monoisotopic (exact) mass is 419 g/mol. The number of nitrogens with zero attached hydrogens (tertiary/aromatic N) is 3. The van der Waals surface area contributed by atoms with Crippen molar-refractivity contribution >= 4 is 5.91 Å². The molecule has 0 bridgehead atoms. The van der Waals surface area contributed by atoms with Gasteiger partial charge in [-0.2, -0.15) is 5.10 Å². The predicted octanol–water partition coefficient (Wildman–Crippen LogP) is 3.96. The van der Waals surface area contributed by atoms with Crippen molar-refractivity contribution in [2.24, 2.45) is 0 Å². The number of benzene rings is 2. The molecule has 2 aromatic carbocycles. The average molecular weight is 419 g/mol. The number of carbonyl (C=O) groups excluding carboxylic acids is 1. The van der Waals surface area contributed by atoms with Crippen molar-refractivity contribution in [3.05, 3.63) is 83.2 Å². The minimum Gasteiger partial charge on any atom is -0.497 e. The number of H-pyrrole nitrogens is 1. The Morgan fingerprint density at radius 3 is 2.61 bits per heavy atom. The van der Waals surface area contributed by atoms with Gasteiger partial charge in [-0.3, -0.25) is 9.89 Å². The lowest BCUT2D eigenvalue weighted by molar-refractivity contribution is 0.0949. The van der Waals surface area contributed by atoms with Crippen LogP contribution in [0, 0.1) is 19.7 Å². The first-order valence-corrected chi connectivity index (χ1v) is 9.75. The average Bonchev–Trinajstić information content (AvgIpc) is 3.37. The summed E-state index contributed by atoms with van der Waals surface area (Å²) < 4.78 is 21.1. The Bertz CT molecular complexity index is 1230. The summed E-state index contributed by atoms with van der Waals surface area (Å²) in [5.41, 5.74) is 3.17. The van der Waals surface area contributed by atoms with E-state index in [2.05, 4.69) is 20.5 Å². The number of aryl methyl sites for hydroxylation is 1. The summed E-state index contributed by atoms with van der Waals surface area (Å²) in [6.45, 7) is 3.82. The number of aromatic amines is 1. The van der Waals surface area contributed by atoms with Crippen LogP contribution in [-0.2, 0) is 6.54 Å². The number of hydrogen-bond donors (Lipinski definition) is 2. The van der Waals surface area contributed by atoms with Gasteiger partial charge in [0.15, 0.2) is 5.82 Å². The number of nitrogens with one attached hydrogen (secondary N) is 2. The lowest BCUT2D eigenvalue weighted by Gasteiger charge is -2.11. The van der Waals surface area contributed by atoms with E-state index in [0.717, 1.165) is 17.0 Å². The molecule has 0 saturated heterocycles. The van der Waals surface area contributed by atoms with Crippen LogP contribution in [0.25, 0.3) is 17.1 Å². The van der Waals surface area contributed by atoms with E-state index < -0.39 is 0 Å². The van der Waals surface area contributed by atoms with E-state index >= 15 is 0 Å². The highest BCUT2D eigenvalue weighted by Gasteiger charge is 2.18. The second kappa shape index (κ2) is 8.43. The Morgan fingerprint density at radius 1 is 1.16 bits per heavy atom. The molecule has 0 aliphatic heterocycles. The van der Waals surface area contributed by atoms with Gasteiger partial charge in [0.05, 0.1) is 24.9 Å². The van der Waals surface area contributed by atoms with Gasteiger partial charge >= 0.3 is 0 Å². The number of halogens is 1. The molecule has 2 aromatic heterocycles. The third-order valence-electron chi connectivity index (χ3n) is 5.07. The van der Waals surface area contributed by atoms with Gasteiger partial charge in [0, 0.05) is 17.0 Å². The van der Waals surface area contributed by atoms with Crippen LogP contribution in [0.1, 0.15) is 27.6 Å². The molecule has 7 nitrogen and oxygen atoms in total. The fourth-order valence-corrected chi connectivity index (χ4v) is 3.50. The lowest BCUT2D eigenvalue weighted by atomic mass is 10.2. The maximum absolute atomic E-state index is 14.3. The Labute approximate surface area is 178 Å². The van der Waals surface area contributed by atoms with Crippen LogP contribution in [0.2, 0.25) is 0 Å². The first-order chi connectivity index (χ1) is 15.0. The molecule has 2 heterocycles. The first kappa shape index (κ1) is 20.3. The second-order valence-electron chi connectivity index (χ2n) is 7.09. The fraction of sp³-hybridized carbons (Fsp3) is 0.174. The Morgan fingerprint density at radius 2 is 1.90 bits per heavy atom. The maximum atomic E-state index is 14.3. The predicted molar refractivity (Wildman–Crippen MR) is 115 cm³/mol. The highest BCUT2D eigenvalue weighted by atomic mass is 19.1. The van der Waals surface area contributed by atoms with Crippen LogP contribution < -0.4 is 10.1 Å². The molecule has 0 saturated carbocycles. The molecule has 8 heteroatoms. The number of rotatable bonds is 6. The van der Waals surface area contributed by atoms with Crippen LogP contribution in [0.5, 0.6) is 5.75 Å². The minimum absolute atomic E-state index is 0.186. The zero-order chi connectivity index (χ0) is 22.0. The van der Waals surface area contributed by atoms with Crippen molar-refractivity contribution in [3.8, 4) is 22.8 Å². The summed E-state index contributed by atoms with van der Waals surface area (Å²) in [4.78, 5) is 17.2. The molecule has 158 valence electrons. The molecule has 1 amide bonds. The second-order valence-corrected chi connectivity index (χ2v) is 7.09. The van der Waals surface area contributed by atoms with Gasteiger partial charge in [0.1, 0.15) is 17.4 Å². The molecule has 0 aliphatic carbocycles. The molecule has 2 N–H and O–H groups in total. The first-order valence-electron chi connectivity index (χ1n) is 9.75. The van der Waals surface area contributed by atoms with Crippen molar-refractivity contribution in [1.29, 1.82) is 0 Å².